The molecule has 0 unspecified atom stereocenters. The fourth-order valence-corrected chi connectivity index (χ4v) is 2.83. The van der Waals surface area contributed by atoms with Crippen LogP contribution in [-0.2, 0) is 14.8 Å². The number of sulfonamides is 1. The van der Waals surface area contributed by atoms with Crippen molar-refractivity contribution >= 4 is 16.0 Å². The number of rotatable bonds is 5. The first-order chi connectivity index (χ1) is 6.57. The Labute approximate surface area is 89.4 Å². The molecule has 0 amide bonds. The van der Waals surface area contributed by atoms with Crippen molar-refractivity contribution in [3.05, 3.63) is 0 Å². The SMILES string of the molecule is CC(C)(C)CS(=O)(=O)N[C@H](CO)C(=O)O. The van der Waals surface area contributed by atoms with Gasteiger partial charge in [-0.2, -0.15) is 4.72 Å². The highest BCUT2D eigenvalue weighted by molar-refractivity contribution is 7.89. The third kappa shape index (κ3) is 6.43. The summed E-state index contributed by atoms with van der Waals surface area (Å²) in [5.74, 6) is -1.58. The molecular weight excluding hydrogens is 222 g/mol. The van der Waals surface area contributed by atoms with E-state index in [1.165, 1.54) is 0 Å². The molecule has 0 aromatic carbocycles. The quantitative estimate of drug-likeness (QED) is 0.594. The van der Waals surface area contributed by atoms with Gasteiger partial charge in [0.15, 0.2) is 0 Å². The number of aliphatic hydroxyl groups excluding tert-OH is 1. The van der Waals surface area contributed by atoms with Gasteiger partial charge >= 0.3 is 5.97 Å². The van der Waals surface area contributed by atoms with E-state index in [0.29, 0.717) is 0 Å². The Morgan fingerprint density at radius 3 is 2.13 bits per heavy atom. The molecule has 7 heteroatoms. The summed E-state index contributed by atoms with van der Waals surface area (Å²) >= 11 is 0. The van der Waals surface area contributed by atoms with Crippen molar-refractivity contribution in [3.63, 3.8) is 0 Å². The summed E-state index contributed by atoms with van der Waals surface area (Å²) in [6, 6.07) is -1.47. The van der Waals surface area contributed by atoms with Crippen LogP contribution in [0.25, 0.3) is 0 Å². The van der Waals surface area contributed by atoms with Gasteiger partial charge in [0.2, 0.25) is 10.0 Å². The van der Waals surface area contributed by atoms with Crippen LogP contribution in [0.5, 0.6) is 0 Å². The molecule has 0 aromatic heterocycles. The minimum Gasteiger partial charge on any atom is -0.480 e. The molecule has 15 heavy (non-hydrogen) atoms. The molecule has 0 saturated heterocycles. The van der Waals surface area contributed by atoms with Gasteiger partial charge in [-0.15, -0.1) is 0 Å². The van der Waals surface area contributed by atoms with E-state index in [1.54, 1.807) is 20.8 Å². The first-order valence-electron chi connectivity index (χ1n) is 4.41. The molecule has 0 rings (SSSR count). The number of hydrogen-bond acceptors (Lipinski definition) is 4. The maximum absolute atomic E-state index is 11.4. The zero-order valence-electron chi connectivity index (χ0n) is 9.02. The zero-order chi connectivity index (χ0) is 12.3. The topological polar surface area (TPSA) is 104 Å². The molecule has 0 radical (unpaired) electrons. The van der Waals surface area contributed by atoms with E-state index in [1.807, 2.05) is 4.72 Å². The molecule has 0 aliphatic carbocycles. The Morgan fingerprint density at radius 1 is 1.40 bits per heavy atom. The van der Waals surface area contributed by atoms with Crippen LogP contribution in [0.2, 0.25) is 0 Å². The fourth-order valence-electron chi connectivity index (χ4n) is 0.994. The van der Waals surface area contributed by atoms with Gasteiger partial charge in [-0.1, -0.05) is 20.8 Å². The Bertz CT molecular complexity index is 316. The van der Waals surface area contributed by atoms with Gasteiger partial charge in [0.05, 0.1) is 12.4 Å². The lowest BCUT2D eigenvalue weighted by molar-refractivity contribution is -0.139. The van der Waals surface area contributed by atoms with Crippen molar-refractivity contribution in [2.45, 2.75) is 26.8 Å². The first-order valence-corrected chi connectivity index (χ1v) is 6.06. The van der Waals surface area contributed by atoms with E-state index < -0.39 is 34.1 Å². The molecular formula is C8H17NO5S. The monoisotopic (exact) mass is 239 g/mol. The highest BCUT2D eigenvalue weighted by Crippen LogP contribution is 2.15. The van der Waals surface area contributed by atoms with Gasteiger partial charge in [-0.3, -0.25) is 4.79 Å². The highest BCUT2D eigenvalue weighted by Gasteiger charge is 2.27. The second kappa shape index (κ2) is 4.91. The third-order valence-electron chi connectivity index (χ3n) is 1.43. The van der Waals surface area contributed by atoms with E-state index in [2.05, 4.69) is 0 Å². The number of nitrogens with one attached hydrogen (secondary N) is 1. The van der Waals surface area contributed by atoms with E-state index in [0.717, 1.165) is 0 Å². The van der Waals surface area contributed by atoms with Crippen LogP contribution < -0.4 is 4.72 Å². The summed E-state index contributed by atoms with van der Waals surface area (Å²) in [7, 11) is -3.69. The first kappa shape index (κ1) is 14.3. The predicted molar refractivity (Wildman–Crippen MR) is 54.9 cm³/mol. The maximum Gasteiger partial charge on any atom is 0.324 e. The van der Waals surface area contributed by atoms with Crippen LogP contribution in [0, 0.1) is 5.41 Å². The molecule has 6 nitrogen and oxygen atoms in total. The van der Waals surface area contributed by atoms with Crippen molar-refractivity contribution < 1.29 is 23.4 Å². The number of carboxylic acid groups (broad SMARTS) is 1. The number of aliphatic carboxylic acids is 1. The van der Waals surface area contributed by atoms with Crippen molar-refractivity contribution in [2.24, 2.45) is 5.41 Å². The normalized spacial score (nSPS) is 14.9. The van der Waals surface area contributed by atoms with Crippen LogP contribution in [0.15, 0.2) is 0 Å². The third-order valence-corrected chi connectivity index (χ3v) is 3.32. The lowest BCUT2D eigenvalue weighted by Crippen LogP contribution is -2.45. The Morgan fingerprint density at radius 2 is 1.87 bits per heavy atom. The molecule has 0 aliphatic rings. The molecule has 0 fully saturated rings. The average molecular weight is 239 g/mol. The van der Waals surface area contributed by atoms with Crippen LogP contribution in [0.1, 0.15) is 20.8 Å². The Hall–Kier alpha value is -0.660. The van der Waals surface area contributed by atoms with Gasteiger partial charge in [0, 0.05) is 0 Å². The minimum absolute atomic E-state index is 0.191. The Balaban J connectivity index is 4.57. The van der Waals surface area contributed by atoms with Gasteiger partial charge < -0.3 is 10.2 Å². The van der Waals surface area contributed by atoms with Crippen LogP contribution >= 0.6 is 0 Å². The summed E-state index contributed by atoms with van der Waals surface area (Å²) in [4.78, 5) is 10.5. The molecule has 0 spiro atoms. The molecule has 0 aromatic rings. The fraction of sp³-hybridized carbons (Fsp3) is 0.875. The van der Waals surface area contributed by atoms with Gasteiger partial charge in [-0.25, -0.2) is 8.42 Å². The standard InChI is InChI=1S/C8H17NO5S/c1-8(2,3)5-15(13,14)9-6(4-10)7(11)12/h6,9-10H,4-5H2,1-3H3,(H,11,12)/t6-/m1/s1. The predicted octanol–water partition coefficient (Wildman–Crippen LogP) is -0.603. The zero-order valence-corrected chi connectivity index (χ0v) is 9.84. The summed E-state index contributed by atoms with van der Waals surface area (Å²) in [6.07, 6.45) is 0. The van der Waals surface area contributed by atoms with Crippen molar-refractivity contribution in [3.8, 4) is 0 Å². The van der Waals surface area contributed by atoms with E-state index in [-0.39, 0.29) is 5.75 Å². The minimum atomic E-state index is -3.69. The average Bonchev–Trinajstić information content (AvgIpc) is 1.94. The number of hydrogen-bond donors (Lipinski definition) is 3. The lowest BCUT2D eigenvalue weighted by atomic mass is 10.0. The van der Waals surface area contributed by atoms with Crippen LogP contribution in [0.3, 0.4) is 0 Å². The summed E-state index contributed by atoms with van der Waals surface area (Å²) < 4.78 is 24.8. The Kier molecular flexibility index (Phi) is 4.69. The van der Waals surface area contributed by atoms with Crippen LogP contribution in [-0.4, -0.2) is 43.0 Å². The number of carbonyl (C=O) groups is 1. The van der Waals surface area contributed by atoms with E-state index in [9.17, 15) is 13.2 Å². The van der Waals surface area contributed by atoms with Gasteiger partial charge in [0.1, 0.15) is 6.04 Å². The molecule has 0 saturated carbocycles. The summed E-state index contributed by atoms with van der Waals surface area (Å²) in [6.45, 7) is 4.40. The summed E-state index contributed by atoms with van der Waals surface area (Å²) in [5.41, 5.74) is -0.468. The van der Waals surface area contributed by atoms with E-state index in [4.69, 9.17) is 10.2 Å². The lowest BCUT2D eigenvalue weighted by Gasteiger charge is -2.20. The number of carboxylic acids is 1. The van der Waals surface area contributed by atoms with Crippen molar-refractivity contribution in [2.75, 3.05) is 12.4 Å². The second-order valence-electron chi connectivity index (χ2n) is 4.51. The maximum atomic E-state index is 11.4. The molecule has 0 heterocycles. The van der Waals surface area contributed by atoms with Gasteiger partial charge in [-0.05, 0) is 5.41 Å². The van der Waals surface area contributed by atoms with Crippen LogP contribution in [0.4, 0.5) is 0 Å². The summed E-state index contributed by atoms with van der Waals surface area (Å²) in [5, 5.41) is 17.2. The molecule has 0 aliphatic heterocycles. The molecule has 0 bridgehead atoms. The van der Waals surface area contributed by atoms with Crippen molar-refractivity contribution in [1.29, 1.82) is 0 Å². The van der Waals surface area contributed by atoms with Gasteiger partial charge in [0.25, 0.3) is 0 Å². The smallest absolute Gasteiger partial charge is 0.324 e. The molecule has 1 atom stereocenters. The second-order valence-corrected chi connectivity index (χ2v) is 6.26. The largest absolute Gasteiger partial charge is 0.480 e. The molecule has 3 N–H and O–H groups in total. The van der Waals surface area contributed by atoms with E-state index >= 15 is 0 Å². The number of aliphatic hydroxyl groups is 1. The highest BCUT2D eigenvalue weighted by atomic mass is 32.2. The molecule has 90 valence electrons. The van der Waals surface area contributed by atoms with Crippen molar-refractivity contribution in [1.82, 2.24) is 4.72 Å².